The van der Waals surface area contributed by atoms with Gasteiger partial charge in [-0.1, -0.05) is 88.1 Å². The van der Waals surface area contributed by atoms with Gasteiger partial charge in [0.05, 0.1) is 16.1 Å². The molecule has 0 rings (SSSR count). The van der Waals surface area contributed by atoms with Crippen molar-refractivity contribution >= 4 is 25.9 Å². The van der Waals surface area contributed by atoms with Crippen LogP contribution in [0, 0.1) is 5.92 Å². The largest absolute Gasteiger partial charge is 0.438 e. The van der Waals surface area contributed by atoms with E-state index in [2.05, 4.69) is 89.8 Å². The maximum Gasteiger partial charge on any atom is 0.162 e. The Kier molecular flexibility index (Phi) is 16.1. The zero-order chi connectivity index (χ0) is 24.5. The molecule has 0 aliphatic heterocycles. The van der Waals surface area contributed by atoms with Crippen molar-refractivity contribution in [3.63, 3.8) is 0 Å². The smallest absolute Gasteiger partial charge is 0.162 e. The van der Waals surface area contributed by atoms with Crippen LogP contribution in [0.15, 0.2) is 75.9 Å². The number of hydrogen-bond donors (Lipinski definition) is 1. The molecule has 0 radical (unpaired) electrons. The molecule has 0 aliphatic carbocycles. The topological polar surface area (TPSA) is 20.2 Å². The van der Waals surface area contributed by atoms with Gasteiger partial charge in [0.15, 0.2) is 9.76 Å². The maximum absolute atomic E-state index is 10.3. The molecule has 1 N–H and O–H groups in total. The van der Waals surface area contributed by atoms with Crippen LogP contribution in [0.4, 0.5) is 0 Å². The quantitative estimate of drug-likeness (QED) is 0.120. The van der Waals surface area contributed by atoms with Gasteiger partial charge in [-0.3, -0.25) is 0 Å². The molecule has 0 saturated carbocycles. The minimum Gasteiger partial charge on any atom is -0.438 e. The highest BCUT2D eigenvalue weighted by molar-refractivity contribution is 6.81. The standard InChI is InChI=1S/C28H52OSi3/c1-9-19-31(20-10-2,21-11-3)25-15-17-27(28(7,8)30-29)18-16-26-32(22-12-4,23-13-5)24-14-6/h9-14,27,29H,1-6,15-26,30H2,7-8H3. The van der Waals surface area contributed by atoms with Crippen molar-refractivity contribution in [1.29, 1.82) is 0 Å². The summed E-state index contributed by atoms with van der Waals surface area (Å²) in [5.74, 6) is 0.602. The van der Waals surface area contributed by atoms with Gasteiger partial charge < -0.3 is 4.80 Å². The highest BCUT2D eigenvalue weighted by atomic mass is 28.3. The van der Waals surface area contributed by atoms with Gasteiger partial charge in [-0.15, -0.1) is 39.5 Å². The molecule has 0 bridgehead atoms. The van der Waals surface area contributed by atoms with Gasteiger partial charge in [0, 0.05) is 0 Å². The summed E-state index contributed by atoms with van der Waals surface area (Å²) >= 11 is 0. The highest BCUT2D eigenvalue weighted by Gasteiger charge is 2.33. The Bertz CT molecular complexity index is 496. The van der Waals surface area contributed by atoms with Gasteiger partial charge in [-0.2, -0.15) is 0 Å². The lowest BCUT2D eigenvalue weighted by atomic mass is 9.86. The molecule has 0 saturated heterocycles. The second kappa shape index (κ2) is 16.6. The van der Waals surface area contributed by atoms with E-state index < -0.39 is 25.9 Å². The first-order chi connectivity index (χ1) is 15.2. The molecule has 0 spiro atoms. The van der Waals surface area contributed by atoms with Crippen LogP contribution in [-0.4, -0.2) is 30.7 Å². The van der Waals surface area contributed by atoms with Gasteiger partial charge in [-0.05, 0) is 47.2 Å². The van der Waals surface area contributed by atoms with Gasteiger partial charge in [0.2, 0.25) is 0 Å². The monoisotopic (exact) mass is 488 g/mol. The Morgan fingerprint density at radius 1 is 0.656 bits per heavy atom. The third kappa shape index (κ3) is 10.8. The van der Waals surface area contributed by atoms with Crippen LogP contribution in [0.3, 0.4) is 0 Å². The molecule has 0 aliphatic rings. The normalized spacial score (nSPS) is 12.8. The molecule has 0 fully saturated rings. The van der Waals surface area contributed by atoms with E-state index in [4.69, 9.17) is 0 Å². The summed E-state index contributed by atoms with van der Waals surface area (Å²) in [5, 5.41) is 0.0963. The summed E-state index contributed by atoms with van der Waals surface area (Å²) in [6, 6.07) is 9.48. The Labute approximate surface area is 205 Å². The van der Waals surface area contributed by atoms with Crippen LogP contribution in [0.1, 0.15) is 39.5 Å². The van der Waals surface area contributed by atoms with Crippen molar-refractivity contribution in [2.75, 3.05) is 0 Å². The fraction of sp³-hybridized carbons (Fsp3) is 0.571. The van der Waals surface area contributed by atoms with Crippen LogP contribution >= 0.6 is 0 Å². The molecule has 0 atom stereocenters. The summed E-state index contributed by atoms with van der Waals surface area (Å²) in [6.07, 6.45) is 17.6. The van der Waals surface area contributed by atoms with Gasteiger partial charge in [0.25, 0.3) is 0 Å². The Morgan fingerprint density at radius 2 is 0.938 bits per heavy atom. The molecule has 0 aromatic carbocycles. The molecular formula is C28H52OSi3. The average Bonchev–Trinajstić information content (AvgIpc) is 2.74. The van der Waals surface area contributed by atoms with E-state index in [1.54, 1.807) is 0 Å². The maximum atomic E-state index is 10.3. The third-order valence-electron chi connectivity index (χ3n) is 7.50. The second-order valence-corrected chi connectivity index (χ2v) is 22.2. The number of rotatable bonds is 22. The molecule has 32 heavy (non-hydrogen) atoms. The average molecular weight is 489 g/mol. The predicted molar refractivity (Wildman–Crippen MR) is 158 cm³/mol. The Hall–Kier alpha value is -0.949. The lowest BCUT2D eigenvalue weighted by Crippen LogP contribution is -2.33. The van der Waals surface area contributed by atoms with Crippen molar-refractivity contribution in [2.24, 2.45) is 5.92 Å². The van der Waals surface area contributed by atoms with Crippen molar-refractivity contribution in [3.8, 4) is 0 Å². The van der Waals surface area contributed by atoms with E-state index in [9.17, 15) is 4.80 Å². The Balaban J connectivity index is 5.27. The van der Waals surface area contributed by atoms with Crippen LogP contribution in [0.5, 0.6) is 0 Å². The zero-order valence-corrected chi connectivity index (χ0v) is 24.8. The van der Waals surface area contributed by atoms with Gasteiger partial charge >= 0.3 is 0 Å². The molecule has 182 valence electrons. The minimum absolute atomic E-state index is 0.0963. The molecule has 4 heteroatoms. The zero-order valence-electron chi connectivity index (χ0n) is 21.4. The van der Waals surface area contributed by atoms with E-state index >= 15 is 0 Å². The molecule has 0 amide bonds. The summed E-state index contributed by atoms with van der Waals surface area (Å²) in [5.41, 5.74) is 0. The number of allylic oxidation sites excluding steroid dienone is 6. The van der Waals surface area contributed by atoms with Crippen molar-refractivity contribution in [3.05, 3.63) is 75.9 Å². The van der Waals surface area contributed by atoms with Crippen LogP contribution in [0.25, 0.3) is 0 Å². The van der Waals surface area contributed by atoms with E-state index in [1.165, 1.54) is 37.8 Å². The summed E-state index contributed by atoms with van der Waals surface area (Å²) < 4.78 is 0. The lowest BCUT2D eigenvalue weighted by Gasteiger charge is -2.36. The summed E-state index contributed by atoms with van der Waals surface area (Å²) in [6.45, 7) is 28.8. The van der Waals surface area contributed by atoms with E-state index in [0.717, 1.165) is 36.3 Å². The number of hydrogen-bond acceptors (Lipinski definition) is 1. The fourth-order valence-corrected chi connectivity index (χ4v) is 13.9. The SMILES string of the molecule is C=CC[Si](CC=C)(CC=C)CCCC(CCC[Si](CC=C)(CC=C)CC=C)C(C)(C)[SiH2]O. The van der Waals surface area contributed by atoms with Crippen LogP contribution < -0.4 is 0 Å². The van der Waals surface area contributed by atoms with Gasteiger partial charge in [-0.25, -0.2) is 0 Å². The molecular weight excluding hydrogens is 437 g/mol. The van der Waals surface area contributed by atoms with E-state index in [-0.39, 0.29) is 5.04 Å². The molecule has 0 aromatic rings. The lowest BCUT2D eigenvalue weighted by molar-refractivity contribution is 0.323. The van der Waals surface area contributed by atoms with Crippen molar-refractivity contribution in [2.45, 2.75) is 92.9 Å². The van der Waals surface area contributed by atoms with E-state index in [1.807, 2.05) is 0 Å². The second-order valence-electron chi connectivity index (χ2n) is 10.6. The predicted octanol–water partition coefficient (Wildman–Crippen LogP) is 8.45. The molecule has 0 aromatic heterocycles. The van der Waals surface area contributed by atoms with Crippen molar-refractivity contribution in [1.82, 2.24) is 0 Å². The first kappa shape index (κ1) is 31.1. The van der Waals surface area contributed by atoms with Crippen molar-refractivity contribution < 1.29 is 4.80 Å². The van der Waals surface area contributed by atoms with Crippen LogP contribution in [0.2, 0.25) is 53.4 Å². The first-order valence-electron chi connectivity index (χ1n) is 12.5. The third-order valence-corrected chi connectivity index (χ3v) is 18.6. The van der Waals surface area contributed by atoms with E-state index in [0.29, 0.717) is 5.92 Å². The first-order valence-corrected chi connectivity index (χ1v) is 19.5. The van der Waals surface area contributed by atoms with Gasteiger partial charge in [0.1, 0.15) is 0 Å². The minimum atomic E-state index is -1.46. The summed E-state index contributed by atoms with van der Waals surface area (Å²) in [4.78, 5) is 10.3. The fourth-order valence-electron chi connectivity index (χ4n) is 5.45. The van der Waals surface area contributed by atoms with Crippen LogP contribution in [-0.2, 0) is 0 Å². The molecule has 0 unspecified atom stereocenters. The Morgan fingerprint density at radius 3 is 1.16 bits per heavy atom. The molecule has 0 heterocycles. The highest BCUT2D eigenvalue weighted by Crippen LogP contribution is 2.42. The summed E-state index contributed by atoms with van der Waals surface area (Å²) in [7, 11) is -3.98. The molecule has 1 nitrogen and oxygen atoms in total.